The first-order chi connectivity index (χ1) is 15.3. The van der Waals surface area contributed by atoms with Crippen molar-refractivity contribution in [3.8, 4) is 29.0 Å². The molecule has 4 aromatic rings. The first kappa shape index (κ1) is 21.8. The van der Waals surface area contributed by atoms with Gasteiger partial charge in [0.05, 0.1) is 34.3 Å². The molecule has 0 bridgehead atoms. The van der Waals surface area contributed by atoms with Gasteiger partial charge < -0.3 is 9.15 Å². The standard InChI is InChI=1S/C22H16Cl2FN5O2/c1-11-19(12(2)30(3)29-11)22-28-27-18(32-22)8-14-4-5-17(24)21(20(14)25)31-16-7-13(10-26)6-15(23)9-16/h4-7,9H,8H2,1-3H3. The monoisotopic (exact) mass is 471 g/mol. The number of halogens is 3. The van der Waals surface area contributed by atoms with Crippen molar-refractivity contribution >= 4 is 23.2 Å². The normalized spacial score (nSPS) is 10.9. The quantitative estimate of drug-likeness (QED) is 0.365. The molecule has 0 aliphatic carbocycles. The minimum absolute atomic E-state index is 0.0315. The third kappa shape index (κ3) is 4.17. The van der Waals surface area contributed by atoms with E-state index in [1.807, 2.05) is 27.0 Å². The van der Waals surface area contributed by atoms with Crippen molar-refractivity contribution in [3.63, 3.8) is 0 Å². The summed E-state index contributed by atoms with van der Waals surface area (Å²) in [5, 5.41) is 21.9. The predicted octanol–water partition coefficient (Wildman–Crippen LogP) is 5.79. The number of ether oxygens (including phenoxy) is 1. The number of rotatable bonds is 5. The highest BCUT2D eigenvalue weighted by Gasteiger charge is 2.21. The summed E-state index contributed by atoms with van der Waals surface area (Å²) in [7, 11) is 1.83. The summed E-state index contributed by atoms with van der Waals surface area (Å²) in [6.45, 7) is 3.75. The molecule has 0 radical (unpaired) electrons. The molecule has 2 aromatic carbocycles. The molecule has 0 unspecified atom stereocenters. The summed E-state index contributed by atoms with van der Waals surface area (Å²) >= 11 is 12.2. The van der Waals surface area contributed by atoms with Crippen molar-refractivity contribution in [2.24, 2.45) is 7.05 Å². The molecule has 162 valence electrons. The molecule has 32 heavy (non-hydrogen) atoms. The van der Waals surface area contributed by atoms with Crippen molar-refractivity contribution in [2.45, 2.75) is 20.3 Å². The second kappa shape index (κ2) is 8.61. The highest BCUT2D eigenvalue weighted by molar-refractivity contribution is 6.32. The minimum Gasteiger partial charge on any atom is -0.453 e. The highest BCUT2D eigenvalue weighted by atomic mass is 35.5. The van der Waals surface area contributed by atoms with E-state index in [2.05, 4.69) is 15.3 Å². The van der Waals surface area contributed by atoms with Crippen LogP contribution in [0.2, 0.25) is 10.0 Å². The van der Waals surface area contributed by atoms with Crippen LogP contribution in [0.25, 0.3) is 11.5 Å². The fraction of sp³-hybridized carbons (Fsp3) is 0.182. The van der Waals surface area contributed by atoms with Gasteiger partial charge in [0.2, 0.25) is 5.89 Å². The molecule has 10 heteroatoms. The zero-order valence-electron chi connectivity index (χ0n) is 17.3. The molecule has 4 rings (SSSR count). The lowest BCUT2D eigenvalue weighted by Gasteiger charge is -2.11. The highest BCUT2D eigenvalue weighted by Crippen LogP contribution is 2.36. The van der Waals surface area contributed by atoms with Gasteiger partial charge in [-0.25, -0.2) is 4.39 Å². The van der Waals surface area contributed by atoms with E-state index in [4.69, 9.17) is 37.6 Å². The van der Waals surface area contributed by atoms with Crippen LogP contribution in [0.15, 0.2) is 34.7 Å². The average molecular weight is 472 g/mol. The number of hydrogen-bond donors (Lipinski definition) is 0. The lowest BCUT2D eigenvalue weighted by Crippen LogP contribution is -1.98. The number of benzene rings is 2. The second-order valence-corrected chi connectivity index (χ2v) is 7.93. The maximum atomic E-state index is 15.2. The molecule has 0 N–H and O–H groups in total. The Kier molecular flexibility index (Phi) is 5.87. The van der Waals surface area contributed by atoms with E-state index in [1.54, 1.807) is 4.68 Å². The molecule has 7 nitrogen and oxygen atoms in total. The van der Waals surface area contributed by atoms with Gasteiger partial charge in [0.1, 0.15) is 5.75 Å². The van der Waals surface area contributed by atoms with Crippen molar-refractivity contribution in [2.75, 3.05) is 0 Å². The second-order valence-electron chi connectivity index (χ2n) is 7.09. The summed E-state index contributed by atoms with van der Waals surface area (Å²) in [6.07, 6.45) is 0.0315. The summed E-state index contributed by atoms with van der Waals surface area (Å²) in [5.74, 6) is -0.130. The van der Waals surface area contributed by atoms with Gasteiger partial charge in [0.15, 0.2) is 11.6 Å². The summed E-state index contributed by atoms with van der Waals surface area (Å²) in [5.41, 5.74) is 2.92. The molecule has 0 aliphatic heterocycles. The van der Waals surface area contributed by atoms with Crippen LogP contribution in [-0.4, -0.2) is 20.0 Å². The van der Waals surface area contributed by atoms with Gasteiger partial charge in [-0.05, 0) is 38.1 Å². The van der Waals surface area contributed by atoms with Crippen LogP contribution in [0.5, 0.6) is 11.5 Å². The van der Waals surface area contributed by atoms with Crippen molar-refractivity contribution in [3.05, 3.63) is 74.6 Å². The average Bonchev–Trinajstić information content (AvgIpc) is 3.30. The Morgan fingerprint density at radius 2 is 1.97 bits per heavy atom. The van der Waals surface area contributed by atoms with Crippen LogP contribution in [0.3, 0.4) is 0 Å². The molecule has 2 heterocycles. The Balaban J connectivity index is 1.63. The number of aryl methyl sites for hydroxylation is 2. The lowest BCUT2D eigenvalue weighted by molar-refractivity contribution is 0.437. The van der Waals surface area contributed by atoms with Gasteiger partial charge in [-0.1, -0.05) is 29.3 Å². The Morgan fingerprint density at radius 1 is 1.19 bits per heavy atom. The van der Waals surface area contributed by atoms with Gasteiger partial charge >= 0.3 is 0 Å². The van der Waals surface area contributed by atoms with E-state index in [9.17, 15) is 0 Å². The molecule has 0 atom stereocenters. The first-order valence-corrected chi connectivity index (χ1v) is 10.2. The fourth-order valence-electron chi connectivity index (χ4n) is 3.28. The Bertz CT molecular complexity index is 1370. The van der Waals surface area contributed by atoms with Crippen LogP contribution in [0, 0.1) is 31.0 Å². The molecule has 0 aliphatic rings. The summed E-state index contributed by atoms with van der Waals surface area (Å²) < 4.78 is 28.4. The zero-order valence-corrected chi connectivity index (χ0v) is 18.8. The molecule has 2 aromatic heterocycles. The largest absolute Gasteiger partial charge is 0.453 e. The molecular formula is C22H16Cl2FN5O2. The SMILES string of the molecule is Cc1nn(C)c(C)c1-c1nnc(Cc2ccc(Cl)c(Oc3cc(Cl)cc(C#N)c3)c2F)o1. The first-order valence-electron chi connectivity index (χ1n) is 9.45. The molecule has 0 fully saturated rings. The maximum Gasteiger partial charge on any atom is 0.251 e. The molecular weight excluding hydrogens is 456 g/mol. The maximum absolute atomic E-state index is 15.2. The van der Waals surface area contributed by atoms with Crippen molar-refractivity contribution in [1.82, 2.24) is 20.0 Å². The van der Waals surface area contributed by atoms with E-state index in [-0.39, 0.29) is 45.0 Å². The minimum atomic E-state index is -0.676. The van der Waals surface area contributed by atoms with Crippen LogP contribution < -0.4 is 4.74 Å². The van der Waals surface area contributed by atoms with Gasteiger partial charge in [0, 0.05) is 23.3 Å². The topological polar surface area (TPSA) is 89.8 Å². The Morgan fingerprint density at radius 3 is 2.66 bits per heavy atom. The molecule has 0 spiro atoms. The number of hydrogen-bond acceptors (Lipinski definition) is 6. The van der Waals surface area contributed by atoms with Gasteiger partial charge in [-0.15, -0.1) is 10.2 Å². The number of nitriles is 1. The van der Waals surface area contributed by atoms with Gasteiger partial charge in [-0.2, -0.15) is 10.4 Å². The van der Waals surface area contributed by atoms with E-state index in [0.29, 0.717) is 5.89 Å². The number of aromatic nitrogens is 4. The van der Waals surface area contributed by atoms with E-state index in [1.165, 1.54) is 30.3 Å². The molecule has 0 saturated carbocycles. The van der Waals surface area contributed by atoms with E-state index >= 15 is 4.39 Å². The third-order valence-corrected chi connectivity index (χ3v) is 5.40. The summed E-state index contributed by atoms with van der Waals surface area (Å²) in [4.78, 5) is 0. The van der Waals surface area contributed by atoms with Crippen LogP contribution in [-0.2, 0) is 13.5 Å². The van der Waals surface area contributed by atoms with Crippen LogP contribution >= 0.6 is 23.2 Å². The molecule has 0 amide bonds. The molecule has 0 saturated heterocycles. The van der Waals surface area contributed by atoms with E-state index in [0.717, 1.165) is 17.0 Å². The Hall–Kier alpha value is -3.41. The predicted molar refractivity (Wildman–Crippen MR) is 116 cm³/mol. The van der Waals surface area contributed by atoms with Crippen LogP contribution in [0.4, 0.5) is 4.39 Å². The Labute approximate surface area is 193 Å². The zero-order chi connectivity index (χ0) is 23.0. The fourth-order valence-corrected chi connectivity index (χ4v) is 3.69. The van der Waals surface area contributed by atoms with Gasteiger partial charge in [0.25, 0.3) is 5.89 Å². The van der Waals surface area contributed by atoms with Crippen LogP contribution in [0.1, 0.15) is 28.4 Å². The lowest BCUT2D eigenvalue weighted by atomic mass is 10.1. The smallest absolute Gasteiger partial charge is 0.251 e. The van der Waals surface area contributed by atoms with Gasteiger partial charge in [-0.3, -0.25) is 4.68 Å². The van der Waals surface area contributed by atoms with E-state index < -0.39 is 5.82 Å². The van der Waals surface area contributed by atoms with Crippen molar-refractivity contribution in [1.29, 1.82) is 5.26 Å². The number of nitrogens with zero attached hydrogens (tertiary/aromatic N) is 5. The third-order valence-electron chi connectivity index (χ3n) is 4.88. The summed E-state index contributed by atoms with van der Waals surface area (Å²) in [6, 6.07) is 9.38. The van der Waals surface area contributed by atoms with Crippen molar-refractivity contribution < 1.29 is 13.5 Å².